The average Bonchev–Trinajstić information content (AvgIpc) is 2.42. The first-order valence-electron chi connectivity index (χ1n) is 6.55. The molecular weight excluding hydrogens is 271 g/mol. The van der Waals surface area contributed by atoms with Crippen LogP contribution >= 0.6 is 0 Å². The van der Waals surface area contributed by atoms with E-state index in [9.17, 15) is 9.18 Å². The summed E-state index contributed by atoms with van der Waals surface area (Å²) in [6.45, 7) is 4.31. The SMILES string of the molecule is Cc1cc(CNc2ccc(F)cc2)cc(C)c1NC(=O)O. The Bertz CT molecular complexity index is 631. The Balaban J connectivity index is 2.10. The van der Waals surface area contributed by atoms with Crippen molar-refractivity contribution in [1.29, 1.82) is 0 Å². The predicted molar refractivity (Wildman–Crippen MR) is 81.3 cm³/mol. The molecule has 0 spiro atoms. The molecule has 21 heavy (non-hydrogen) atoms. The van der Waals surface area contributed by atoms with Crippen molar-refractivity contribution in [3.8, 4) is 0 Å². The molecule has 0 radical (unpaired) electrons. The Morgan fingerprint density at radius 2 is 1.71 bits per heavy atom. The number of hydrogen-bond donors (Lipinski definition) is 3. The van der Waals surface area contributed by atoms with Gasteiger partial charge in [-0.2, -0.15) is 0 Å². The van der Waals surface area contributed by atoms with Crippen molar-refractivity contribution in [2.45, 2.75) is 20.4 Å². The largest absolute Gasteiger partial charge is 0.465 e. The highest BCUT2D eigenvalue weighted by atomic mass is 19.1. The summed E-state index contributed by atoms with van der Waals surface area (Å²) in [4.78, 5) is 10.7. The summed E-state index contributed by atoms with van der Waals surface area (Å²) in [7, 11) is 0. The summed E-state index contributed by atoms with van der Waals surface area (Å²) in [6, 6.07) is 10.0. The number of anilines is 2. The van der Waals surface area contributed by atoms with E-state index in [-0.39, 0.29) is 5.82 Å². The molecule has 110 valence electrons. The van der Waals surface area contributed by atoms with Gasteiger partial charge in [-0.3, -0.25) is 5.32 Å². The van der Waals surface area contributed by atoms with E-state index in [2.05, 4.69) is 10.6 Å². The summed E-state index contributed by atoms with van der Waals surface area (Å²) < 4.78 is 12.8. The smallest absolute Gasteiger partial charge is 0.409 e. The third kappa shape index (κ3) is 3.95. The topological polar surface area (TPSA) is 61.4 Å². The van der Waals surface area contributed by atoms with E-state index in [1.165, 1.54) is 12.1 Å². The molecule has 0 aliphatic carbocycles. The number of hydrogen-bond acceptors (Lipinski definition) is 2. The second kappa shape index (κ2) is 6.26. The Morgan fingerprint density at radius 3 is 2.24 bits per heavy atom. The Morgan fingerprint density at radius 1 is 1.14 bits per heavy atom. The minimum Gasteiger partial charge on any atom is -0.465 e. The number of carbonyl (C=O) groups is 1. The zero-order chi connectivity index (χ0) is 15.4. The normalized spacial score (nSPS) is 10.2. The first-order chi connectivity index (χ1) is 9.95. The van der Waals surface area contributed by atoms with Gasteiger partial charge in [0.15, 0.2) is 0 Å². The van der Waals surface area contributed by atoms with Crippen LogP contribution in [0.2, 0.25) is 0 Å². The van der Waals surface area contributed by atoms with E-state index >= 15 is 0 Å². The van der Waals surface area contributed by atoms with Crippen molar-refractivity contribution < 1.29 is 14.3 Å². The highest BCUT2D eigenvalue weighted by Gasteiger charge is 2.07. The van der Waals surface area contributed by atoms with Crippen molar-refractivity contribution in [2.24, 2.45) is 0 Å². The molecule has 0 bridgehead atoms. The first kappa shape index (κ1) is 14.8. The monoisotopic (exact) mass is 288 g/mol. The van der Waals surface area contributed by atoms with Gasteiger partial charge in [0, 0.05) is 17.9 Å². The number of benzene rings is 2. The van der Waals surface area contributed by atoms with Crippen molar-refractivity contribution >= 4 is 17.5 Å². The molecule has 0 fully saturated rings. The average molecular weight is 288 g/mol. The number of carboxylic acid groups (broad SMARTS) is 1. The molecule has 0 atom stereocenters. The molecule has 0 unspecified atom stereocenters. The van der Waals surface area contributed by atoms with Crippen LogP contribution in [-0.4, -0.2) is 11.2 Å². The van der Waals surface area contributed by atoms with E-state index in [0.29, 0.717) is 12.2 Å². The fourth-order valence-corrected chi connectivity index (χ4v) is 2.23. The van der Waals surface area contributed by atoms with E-state index < -0.39 is 6.09 Å². The molecule has 1 amide bonds. The van der Waals surface area contributed by atoms with Crippen molar-refractivity contribution in [1.82, 2.24) is 0 Å². The van der Waals surface area contributed by atoms with E-state index in [4.69, 9.17) is 5.11 Å². The third-order valence-electron chi connectivity index (χ3n) is 3.17. The zero-order valence-electron chi connectivity index (χ0n) is 11.9. The molecule has 0 aliphatic heterocycles. The van der Waals surface area contributed by atoms with Gasteiger partial charge in [-0.1, -0.05) is 12.1 Å². The Hall–Kier alpha value is -2.56. The Labute approximate surface area is 122 Å². The molecule has 5 heteroatoms. The van der Waals surface area contributed by atoms with Crippen LogP contribution in [0.1, 0.15) is 16.7 Å². The molecular formula is C16H17FN2O2. The quantitative estimate of drug-likeness (QED) is 0.792. The molecule has 0 heterocycles. The standard InChI is InChI=1S/C16H17FN2O2/c1-10-7-12(8-11(2)15(10)19-16(20)21)9-18-14-5-3-13(17)4-6-14/h3-8,18-19H,9H2,1-2H3,(H,20,21). The van der Waals surface area contributed by atoms with Gasteiger partial charge in [0.1, 0.15) is 5.82 Å². The Kier molecular flexibility index (Phi) is 4.42. The van der Waals surface area contributed by atoms with Gasteiger partial charge >= 0.3 is 6.09 Å². The van der Waals surface area contributed by atoms with Crippen molar-refractivity contribution in [3.05, 3.63) is 58.9 Å². The zero-order valence-corrected chi connectivity index (χ0v) is 11.9. The number of aryl methyl sites for hydroxylation is 2. The molecule has 2 aromatic rings. The highest BCUT2D eigenvalue weighted by molar-refractivity contribution is 5.85. The fraction of sp³-hybridized carbons (Fsp3) is 0.188. The van der Waals surface area contributed by atoms with Crippen LogP contribution in [0.3, 0.4) is 0 Å². The van der Waals surface area contributed by atoms with Gasteiger partial charge < -0.3 is 10.4 Å². The van der Waals surface area contributed by atoms with Gasteiger partial charge in [0.25, 0.3) is 0 Å². The third-order valence-corrected chi connectivity index (χ3v) is 3.17. The summed E-state index contributed by atoms with van der Waals surface area (Å²) in [5.74, 6) is -0.267. The van der Waals surface area contributed by atoms with Crippen LogP contribution in [0.25, 0.3) is 0 Å². The van der Waals surface area contributed by atoms with E-state index in [1.807, 2.05) is 26.0 Å². The first-order valence-corrected chi connectivity index (χ1v) is 6.55. The predicted octanol–water partition coefficient (Wildman–Crippen LogP) is 4.14. The maximum absolute atomic E-state index is 12.8. The molecule has 4 nitrogen and oxygen atoms in total. The highest BCUT2D eigenvalue weighted by Crippen LogP contribution is 2.23. The van der Waals surface area contributed by atoms with Crippen LogP contribution in [0.5, 0.6) is 0 Å². The van der Waals surface area contributed by atoms with Crippen LogP contribution < -0.4 is 10.6 Å². The van der Waals surface area contributed by atoms with Crippen LogP contribution in [-0.2, 0) is 6.54 Å². The summed E-state index contributed by atoms with van der Waals surface area (Å²) >= 11 is 0. The fourth-order valence-electron chi connectivity index (χ4n) is 2.23. The van der Waals surface area contributed by atoms with Crippen LogP contribution in [0.4, 0.5) is 20.6 Å². The van der Waals surface area contributed by atoms with Crippen molar-refractivity contribution in [3.63, 3.8) is 0 Å². The molecule has 0 saturated heterocycles. The second-order valence-electron chi connectivity index (χ2n) is 4.90. The lowest BCUT2D eigenvalue weighted by Gasteiger charge is -2.13. The number of halogens is 1. The molecule has 0 saturated carbocycles. The van der Waals surface area contributed by atoms with Crippen LogP contribution in [0.15, 0.2) is 36.4 Å². The van der Waals surface area contributed by atoms with Crippen LogP contribution in [0, 0.1) is 19.7 Å². The number of amides is 1. The van der Waals surface area contributed by atoms with E-state index in [1.54, 1.807) is 12.1 Å². The molecule has 2 aromatic carbocycles. The lowest BCUT2D eigenvalue weighted by molar-refractivity contribution is 0.209. The van der Waals surface area contributed by atoms with Gasteiger partial charge in [-0.15, -0.1) is 0 Å². The molecule has 3 N–H and O–H groups in total. The summed E-state index contributed by atoms with van der Waals surface area (Å²) in [5, 5.41) is 14.4. The lowest BCUT2D eigenvalue weighted by atomic mass is 10.0. The number of nitrogens with one attached hydrogen (secondary N) is 2. The van der Waals surface area contributed by atoms with Gasteiger partial charge in [0.05, 0.1) is 0 Å². The summed E-state index contributed by atoms with van der Waals surface area (Å²) in [6.07, 6.45) is -1.07. The lowest BCUT2D eigenvalue weighted by Crippen LogP contribution is -2.10. The van der Waals surface area contributed by atoms with Gasteiger partial charge in [0.2, 0.25) is 0 Å². The van der Waals surface area contributed by atoms with Gasteiger partial charge in [-0.05, 0) is 54.8 Å². The van der Waals surface area contributed by atoms with Gasteiger partial charge in [-0.25, -0.2) is 9.18 Å². The molecule has 0 aromatic heterocycles. The second-order valence-corrected chi connectivity index (χ2v) is 4.90. The molecule has 0 aliphatic rings. The van der Waals surface area contributed by atoms with E-state index in [0.717, 1.165) is 22.4 Å². The van der Waals surface area contributed by atoms with Crippen molar-refractivity contribution in [2.75, 3.05) is 10.6 Å². The molecule has 2 rings (SSSR count). The maximum Gasteiger partial charge on any atom is 0.409 e. The summed E-state index contributed by atoms with van der Waals surface area (Å²) in [5.41, 5.74) is 4.22. The maximum atomic E-state index is 12.8. The number of rotatable bonds is 4. The minimum atomic E-state index is -1.07. The minimum absolute atomic E-state index is 0.267.